The second kappa shape index (κ2) is 61.9. The second-order valence-corrected chi connectivity index (χ2v) is 20.6. The van der Waals surface area contributed by atoms with Gasteiger partial charge in [0, 0.05) is 19.3 Å². The molecule has 0 heterocycles. The molecule has 0 saturated carbocycles. The average molecular weight is 1030 g/mol. The molecule has 0 aliphatic heterocycles. The third-order valence-corrected chi connectivity index (χ3v) is 13.3. The molecule has 0 amide bonds. The number of carbonyl (C=O) groups is 3. The molecule has 0 aliphatic rings. The van der Waals surface area contributed by atoms with Gasteiger partial charge >= 0.3 is 17.9 Å². The molecule has 0 saturated heterocycles. The van der Waals surface area contributed by atoms with Gasteiger partial charge in [-0.25, -0.2) is 0 Å². The summed E-state index contributed by atoms with van der Waals surface area (Å²) in [7, 11) is 0. The molecule has 0 aromatic heterocycles. The molecule has 0 fully saturated rings. The third kappa shape index (κ3) is 59.2. The fourth-order valence-electron chi connectivity index (χ4n) is 8.61. The molecule has 1 atom stereocenters. The molecule has 424 valence electrons. The Morgan fingerprint density at radius 1 is 0.284 bits per heavy atom. The van der Waals surface area contributed by atoms with Crippen LogP contribution < -0.4 is 0 Å². The predicted octanol–water partition coefficient (Wildman–Crippen LogP) is 21.3. The van der Waals surface area contributed by atoms with Crippen molar-refractivity contribution in [1.82, 2.24) is 0 Å². The SMILES string of the molecule is CC/C=C\C/C=C\C/C=C\C/C=C\C/C=C\CCCCCCCC(=O)OCC(COC(=O)CCCCCCC/C=C\C/C=C\CCCCCC)OC(=O)CCCCCCCCCCC/C=C\CCCCCCCC. The maximum Gasteiger partial charge on any atom is 0.306 e. The molecular weight excluding hydrogens is 913 g/mol. The Kier molecular flexibility index (Phi) is 58.8. The third-order valence-electron chi connectivity index (χ3n) is 13.3. The lowest BCUT2D eigenvalue weighted by Crippen LogP contribution is -2.30. The first-order valence-electron chi connectivity index (χ1n) is 31.2. The lowest BCUT2D eigenvalue weighted by molar-refractivity contribution is -0.167. The van der Waals surface area contributed by atoms with E-state index in [0.29, 0.717) is 19.3 Å². The normalized spacial score (nSPS) is 12.7. The molecular formula is C68H116O6. The zero-order chi connectivity index (χ0) is 53.6. The van der Waals surface area contributed by atoms with Crippen LogP contribution in [0.15, 0.2) is 97.2 Å². The fraction of sp³-hybridized carbons (Fsp3) is 0.721. The van der Waals surface area contributed by atoms with Crippen molar-refractivity contribution in [2.45, 2.75) is 303 Å². The predicted molar refractivity (Wildman–Crippen MR) is 320 cm³/mol. The number of carbonyl (C=O) groups excluding carboxylic acids is 3. The summed E-state index contributed by atoms with van der Waals surface area (Å²) >= 11 is 0. The number of ether oxygens (including phenoxy) is 3. The van der Waals surface area contributed by atoms with Crippen LogP contribution in [0, 0.1) is 0 Å². The van der Waals surface area contributed by atoms with Gasteiger partial charge in [-0.3, -0.25) is 14.4 Å². The molecule has 0 radical (unpaired) electrons. The quantitative estimate of drug-likeness (QED) is 0.0261. The number of esters is 3. The molecule has 0 rings (SSSR count). The van der Waals surface area contributed by atoms with E-state index in [1.165, 1.54) is 122 Å². The number of unbranched alkanes of at least 4 members (excludes halogenated alkanes) is 29. The first-order valence-corrected chi connectivity index (χ1v) is 31.2. The van der Waals surface area contributed by atoms with Crippen molar-refractivity contribution in [2.75, 3.05) is 13.2 Å². The molecule has 0 N–H and O–H groups in total. The minimum Gasteiger partial charge on any atom is -0.462 e. The van der Waals surface area contributed by atoms with Gasteiger partial charge in [-0.2, -0.15) is 0 Å². The maximum absolute atomic E-state index is 12.9. The lowest BCUT2D eigenvalue weighted by atomic mass is 10.1. The Morgan fingerprint density at radius 2 is 0.527 bits per heavy atom. The largest absolute Gasteiger partial charge is 0.462 e. The Balaban J connectivity index is 4.44. The monoisotopic (exact) mass is 1030 g/mol. The number of rotatable bonds is 56. The van der Waals surface area contributed by atoms with E-state index in [0.717, 1.165) is 135 Å². The molecule has 0 aromatic rings. The van der Waals surface area contributed by atoms with Crippen LogP contribution in [0.3, 0.4) is 0 Å². The van der Waals surface area contributed by atoms with Crippen LogP contribution in [0.2, 0.25) is 0 Å². The van der Waals surface area contributed by atoms with Crippen molar-refractivity contribution in [3.8, 4) is 0 Å². The Hall–Kier alpha value is -3.67. The van der Waals surface area contributed by atoms with Crippen molar-refractivity contribution in [3.05, 3.63) is 97.2 Å². The van der Waals surface area contributed by atoms with Crippen LogP contribution in [0.1, 0.15) is 297 Å². The van der Waals surface area contributed by atoms with E-state index >= 15 is 0 Å². The first-order chi connectivity index (χ1) is 36.5. The molecule has 0 aliphatic carbocycles. The van der Waals surface area contributed by atoms with Gasteiger partial charge in [0.15, 0.2) is 6.10 Å². The van der Waals surface area contributed by atoms with Crippen LogP contribution in [-0.4, -0.2) is 37.2 Å². The van der Waals surface area contributed by atoms with Crippen LogP contribution in [-0.2, 0) is 28.6 Å². The van der Waals surface area contributed by atoms with Gasteiger partial charge in [0.1, 0.15) is 13.2 Å². The number of hydrogen-bond donors (Lipinski definition) is 0. The summed E-state index contributed by atoms with van der Waals surface area (Å²) in [6.45, 7) is 6.50. The smallest absolute Gasteiger partial charge is 0.306 e. The Labute approximate surface area is 457 Å². The van der Waals surface area contributed by atoms with Crippen LogP contribution in [0.25, 0.3) is 0 Å². The highest BCUT2D eigenvalue weighted by Crippen LogP contribution is 2.15. The lowest BCUT2D eigenvalue weighted by Gasteiger charge is -2.18. The highest BCUT2D eigenvalue weighted by molar-refractivity contribution is 5.71. The van der Waals surface area contributed by atoms with Crippen molar-refractivity contribution in [3.63, 3.8) is 0 Å². The van der Waals surface area contributed by atoms with Crippen molar-refractivity contribution in [1.29, 1.82) is 0 Å². The van der Waals surface area contributed by atoms with E-state index in [4.69, 9.17) is 14.2 Å². The summed E-state index contributed by atoms with van der Waals surface area (Å²) in [4.78, 5) is 38.3. The summed E-state index contributed by atoms with van der Waals surface area (Å²) in [5.74, 6) is -0.917. The van der Waals surface area contributed by atoms with Gasteiger partial charge in [-0.1, -0.05) is 253 Å². The van der Waals surface area contributed by atoms with E-state index in [1.807, 2.05) is 0 Å². The number of allylic oxidation sites excluding steroid dienone is 16. The van der Waals surface area contributed by atoms with E-state index in [9.17, 15) is 14.4 Å². The average Bonchev–Trinajstić information content (AvgIpc) is 3.40. The summed E-state index contributed by atoms with van der Waals surface area (Å²) in [6, 6.07) is 0. The molecule has 6 nitrogen and oxygen atoms in total. The molecule has 0 spiro atoms. The van der Waals surface area contributed by atoms with Crippen LogP contribution in [0.5, 0.6) is 0 Å². The zero-order valence-electron chi connectivity index (χ0n) is 48.6. The van der Waals surface area contributed by atoms with Crippen LogP contribution in [0.4, 0.5) is 0 Å². The zero-order valence-corrected chi connectivity index (χ0v) is 48.6. The van der Waals surface area contributed by atoms with E-state index in [-0.39, 0.29) is 31.1 Å². The Bertz CT molecular complexity index is 1460. The second-order valence-electron chi connectivity index (χ2n) is 20.6. The van der Waals surface area contributed by atoms with Crippen molar-refractivity contribution >= 4 is 17.9 Å². The molecule has 0 aromatic carbocycles. The Morgan fingerprint density at radius 3 is 0.851 bits per heavy atom. The van der Waals surface area contributed by atoms with Gasteiger partial charge < -0.3 is 14.2 Å². The molecule has 6 heteroatoms. The highest BCUT2D eigenvalue weighted by Gasteiger charge is 2.19. The van der Waals surface area contributed by atoms with Gasteiger partial charge in [-0.05, 0) is 122 Å². The highest BCUT2D eigenvalue weighted by atomic mass is 16.6. The summed E-state index contributed by atoms with van der Waals surface area (Å²) < 4.78 is 16.9. The number of hydrogen-bond acceptors (Lipinski definition) is 6. The summed E-state index contributed by atoms with van der Waals surface area (Å²) in [5, 5.41) is 0. The van der Waals surface area contributed by atoms with E-state index < -0.39 is 6.10 Å². The minimum absolute atomic E-state index is 0.0917. The minimum atomic E-state index is -0.795. The molecule has 1 unspecified atom stereocenters. The summed E-state index contributed by atoms with van der Waals surface area (Å²) in [6.07, 6.45) is 82.5. The van der Waals surface area contributed by atoms with Gasteiger partial charge in [-0.15, -0.1) is 0 Å². The van der Waals surface area contributed by atoms with E-state index in [2.05, 4.69) is 118 Å². The fourth-order valence-corrected chi connectivity index (χ4v) is 8.61. The molecule has 74 heavy (non-hydrogen) atoms. The van der Waals surface area contributed by atoms with Crippen LogP contribution >= 0.6 is 0 Å². The first kappa shape index (κ1) is 70.3. The van der Waals surface area contributed by atoms with Gasteiger partial charge in [0.05, 0.1) is 0 Å². The topological polar surface area (TPSA) is 78.9 Å². The standard InChI is InChI=1S/C68H116O6/c1-4-7-10-13-16-19-22-25-28-31-33-34-36-37-40-43-46-49-52-55-58-61-67(70)73-64-65(63-72-66(69)60-57-54-51-48-45-42-39-30-27-24-21-18-15-12-9-6-3)74-68(71)62-59-56-53-50-47-44-41-38-35-32-29-26-23-20-17-14-11-8-5-2/h7,10,16,19,21,24-26,28-30,33-34,37,39-40,65H,4-6,8-9,11-15,17-18,20,22-23,27,31-32,35-36,38,41-64H2,1-3H3/b10-7-,19-16-,24-21-,28-25-,29-26-,34-33-,39-30-,40-37-. The molecule has 0 bridgehead atoms. The van der Waals surface area contributed by atoms with Gasteiger partial charge in [0.25, 0.3) is 0 Å². The van der Waals surface area contributed by atoms with Crippen molar-refractivity contribution in [2.24, 2.45) is 0 Å². The van der Waals surface area contributed by atoms with Gasteiger partial charge in [0.2, 0.25) is 0 Å². The summed E-state index contributed by atoms with van der Waals surface area (Å²) in [5.41, 5.74) is 0. The van der Waals surface area contributed by atoms with Crippen molar-refractivity contribution < 1.29 is 28.6 Å². The maximum atomic E-state index is 12.9. The van der Waals surface area contributed by atoms with E-state index in [1.54, 1.807) is 0 Å².